The summed E-state index contributed by atoms with van der Waals surface area (Å²) >= 11 is 0. The van der Waals surface area contributed by atoms with Gasteiger partial charge in [-0.15, -0.1) is 12.4 Å². The number of nitrogens with two attached hydrogens (primary N) is 1. The molecule has 0 aromatic rings. The third-order valence-electron chi connectivity index (χ3n) is 2.94. The highest BCUT2D eigenvalue weighted by molar-refractivity contribution is 5.85. The standard InChI is InChI=1S/C11H23N3O.ClH/c1-2-6-13-11(15)9-14-7-4-3-5-10(14)8-12;/h10H,2-9,12H2,1H3,(H,13,15);1H. The molecule has 0 aromatic heterocycles. The number of rotatable bonds is 5. The van der Waals surface area contributed by atoms with Crippen LogP contribution in [-0.2, 0) is 4.79 Å². The molecule has 0 bridgehead atoms. The lowest BCUT2D eigenvalue weighted by molar-refractivity contribution is -0.123. The second kappa shape index (κ2) is 8.79. The quantitative estimate of drug-likeness (QED) is 0.756. The maximum atomic E-state index is 11.5. The van der Waals surface area contributed by atoms with Crippen molar-refractivity contribution in [3.8, 4) is 0 Å². The summed E-state index contributed by atoms with van der Waals surface area (Å²) < 4.78 is 0. The molecule has 1 aliphatic heterocycles. The topological polar surface area (TPSA) is 58.4 Å². The van der Waals surface area contributed by atoms with Crippen LogP contribution in [0.1, 0.15) is 32.6 Å². The lowest BCUT2D eigenvalue weighted by Gasteiger charge is -2.34. The molecule has 96 valence electrons. The number of amides is 1. The summed E-state index contributed by atoms with van der Waals surface area (Å²) in [6.07, 6.45) is 4.57. The fourth-order valence-electron chi connectivity index (χ4n) is 2.04. The summed E-state index contributed by atoms with van der Waals surface area (Å²) in [5.41, 5.74) is 5.70. The second-order valence-corrected chi connectivity index (χ2v) is 4.21. The molecule has 3 N–H and O–H groups in total. The first-order chi connectivity index (χ1) is 7.27. The molecule has 1 fully saturated rings. The van der Waals surface area contributed by atoms with Crippen molar-refractivity contribution in [3.05, 3.63) is 0 Å². The van der Waals surface area contributed by atoms with E-state index in [1.165, 1.54) is 12.8 Å². The van der Waals surface area contributed by atoms with E-state index in [0.29, 0.717) is 19.1 Å². The van der Waals surface area contributed by atoms with Crippen molar-refractivity contribution in [1.29, 1.82) is 0 Å². The Morgan fingerprint density at radius 2 is 2.25 bits per heavy atom. The Labute approximate surface area is 104 Å². The maximum absolute atomic E-state index is 11.5. The number of likely N-dealkylation sites (tertiary alicyclic amines) is 1. The normalized spacial score (nSPS) is 21.2. The minimum Gasteiger partial charge on any atom is -0.355 e. The summed E-state index contributed by atoms with van der Waals surface area (Å²) in [5.74, 6) is 0.136. The van der Waals surface area contributed by atoms with Crippen LogP contribution in [0, 0.1) is 0 Å². The molecule has 0 aliphatic carbocycles. The van der Waals surface area contributed by atoms with Gasteiger partial charge >= 0.3 is 0 Å². The van der Waals surface area contributed by atoms with Crippen molar-refractivity contribution in [2.75, 3.05) is 26.2 Å². The average Bonchev–Trinajstić information content (AvgIpc) is 2.27. The minimum absolute atomic E-state index is 0. The molecule has 1 aliphatic rings. The summed E-state index contributed by atoms with van der Waals surface area (Å²) in [6.45, 7) is 5.04. The zero-order valence-corrected chi connectivity index (χ0v) is 10.9. The molecule has 1 heterocycles. The van der Waals surface area contributed by atoms with Gasteiger partial charge in [0.1, 0.15) is 0 Å². The van der Waals surface area contributed by atoms with Gasteiger partial charge in [0.2, 0.25) is 5.91 Å². The lowest BCUT2D eigenvalue weighted by atomic mass is 10.0. The molecule has 1 unspecified atom stereocenters. The molecule has 0 radical (unpaired) electrons. The van der Waals surface area contributed by atoms with Crippen LogP contribution in [0.4, 0.5) is 0 Å². The van der Waals surface area contributed by atoms with E-state index in [9.17, 15) is 4.79 Å². The van der Waals surface area contributed by atoms with E-state index >= 15 is 0 Å². The molecule has 1 atom stereocenters. The number of nitrogens with one attached hydrogen (secondary N) is 1. The van der Waals surface area contributed by atoms with Crippen LogP contribution >= 0.6 is 12.4 Å². The zero-order chi connectivity index (χ0) is 11.1. The predicted octanol–water partition coefficient (Wildman–Crippen LogP) is 0.748. The Morgan fingerprint density at radius 1 is 1.50 bits per heavy atom. The highest BCUT2D eigenvalue weighted by Crippen LogP contribution is 2.15. The predicted molar refractivity (Wildman–Crippen MR) is 68.8 cm³/mol. The van der Waals surface area contributed by atoms with Crippen LogP contribution in [0.2, 0.25) is 0 Å². The van der Waals surface area contributed by atoms with Crippen LogP contribution in [0.3, 0.4) is 0 Å². The Kier molecular flexibility index (Phi) is 8.61. The Balaban J connectivity index is 0.00000225. The van der Waals surface area contributed by atoms with E-state index in [2.05, 4.69) is 17.1 Å². The SMILES string of the molecule is CCCNC(=O)CN1CCCCC1CN.Cl. The van der Waals surface area contributed by atoms with Gasteiger partial charge in [0, 0.05) is 19.1 Å². The van der Waals surface area contributed by atoms with E-state index < -0.39 is 0 Å². The van der Waals surface area contributed by atoms with Crippen LogP contribution in [-0.4, -0.2) is 43.0 Å². The molecular weight excluding hydrogens is 226 g/mol. The maximum Gasteiger partial charge on any atom is 0.234 e. The third kappa shape index (κ3) is 5.14. The number of hydrogen-bond acceptors (Lipinski definition) is 3. The van der Waals surface area contributed by atoms with Gasteiger partial charge in [-0.25, -0.2) is 0 Å². The summed E-state index contributed by atoms with van der Waals surface area (Å²) in [7, 11) is 0. The van der Waals surface area contributed by atoms with Crippen molar-refractivity contribution in [1.82, 2.24) is 10.2 Å². The number of carbonyl (C=O) groups excluding carboxylic acids is 1. The highest BCUT2D eigenvalue weighted by atomic mass is 35.5. The molecule has 5 heteroatoms. The van der Waals surface area contributed by atoms with Gasteiger partial charge in [0.05, 0.1) is 6.54 Å². The average molecular weight is 250 g/mol. The van der Waals surface area contributed by atoms with Gasteiger partial charge in [-0.2, -0.15) is 0 Å². The first-order valence-corrected chi connectivity index (χ1v) is 5.98. The third-order valence-corrected chi connectivity index (χ3v) is 2.94. The molecule has 16 heavy (non-hydrogen) atoms. The summed E-state index contributed by atoms with van der Waals surface area (Å²) in [4.78, 5) is 13.8. The Morgan fingerprint density at radius 3 is 2.88 bits per heavy atom. The van der Waals surface area contributed by atoms with E-state index in [1.54, 1.807) is 0 Å². The van der Waals surface area contributed by atoms with Crippen molar-refractivity contribution in [2.45, 2.75) is 38.6 Å². The van der Waals surface area contributed by atoms with Crippen molar-refractivity contribution in [2.24, 2.45) is 5.73 Å². The molecule has 1 rings (SSSR count). The van der Waals surface area contributed by atoms with Crippen LogP contribution in [0.15, 0.2) is 0 Å². The molecule has 0 aromatic carbocycles. The highest BCUT2D eigenvalue weighted by Gasteiger charge is 2.22. The lowest BCUT2D eigenvalue weighted by Crippen LogP contribution is -2.48. The monoisotopic (exact) mass is 249 g/mol. The fraction of sp³-hybridized carbons (Fsp3) is 0.909. The van der Waals surface area contributed by atoms with Gasteiger partial charge in [0.25, 0.3) is 0 Å². The zero-order valence-electron chi connectivity index (χ0n) is 10.1. The van der Waals surface area contributed by atoms with Crippen LogP contribution < -0.4 is 11.1 Å². The molecular formula is C11H24ClN3O. The van der Waals surface area contributed by atoms with Gasteiger partial charge in [-0.1, -0.05) is 13.3 Å². The number of halogens is 1. The molecule has 4 nitrogen and oxygen atoms in total. The van der Waals surface area contributed by atoms with E-state index in [1.807, 2.05) is 0 Å². The summed E-state index contributed by atoms with van der Waals surface area (Å²) in [6, 6.07) is 0.408. The molecule has 1 saturated heterocycles. The van der Waals surface area contributed by atoms with E-state index in [4.69, 9.17) is 5.73 Å². The van der Waals surface area contributed by atoms with Crippen molar-refractivity contribution >= 4 is 18.3 Å². The van der Waals surface area contributed by atoms with Gasteiger partial charge in [-0.05, 0) is 25.8 Å². The molecule has 0 saturated carbocycles. The number of hydrogen-bond donors (Lipinski definition) is 2. The summed E-state index contributed by atoms with van der Waals surface area (Å²) in [5, 5.41) is 2.90. The largest absolute Gasteiger partial charge is 0.355 e. The van der Waals surface area contributed by atoms with Gasteiger partial charge < -0.3 is 11.1 Å². The first kappa shape index (κ1) is 15.7. The Hall–Kier alpha value is -0.320. The number of nitrogens with zero attached hydrogens (tertiary/aromatic N) is 1. The van der Waals surface area contributed by atoms with Crippen molar-refractivity contribution < 1.29 is 4.79 Å². The number of piperidine rings is 1. The van der Waals surface area contributed by atoms with Crippen LogP contribution in [0.5, 0.6) is 0 Å². The van der Waals surface area contributed by atoms with Gasteiger partial charge in [-0.3, -0.25) is 9.69 Å². The van der Waals surface area contributed by atoms with Crippen molar-refractivity contribution in [3.63, 3.8) is 0 Å². The molecule has 0 spiro atoms. The molecule has 1 amide bonds. The van der Waals surface area contributed by atoms with Crippen LogP contribution in [0.25, 0.3) is 0 Å². The Bertz CT molecular complexity index is 202. The van der Waals surface area contributed by atoms with E-state index in [0.717, 1.165) is 25.9 Å². The minimum atomic E-state index is 0. The van der Waals surface area contributed by atoms with Gasteiger partial charge in [0.15, 0.2) is 0 Å². The first-order valence-electron chi connectivity index (χ1n) is 5.98. The number of carbonyl (C=O) groups is 1. The fourth-order valence-corrected chi connectivity index (χ4v) is 2.04. The second-order valence-electron chi connectivity index (χ2n) is 4.21. The van der Waals surface area contributed by atoms with E-state index in [-0.39, 0.29) is 18.3 Å². The smallest absolute Gasteiger partial charge is 0.234 e.